The van der Waals surface area contributed by atoms with Gasteiger partial charge in [0.1, 0.15) is 46.7 Å². The van der Waals surface area contributed by atoms with Gasteiger partial charge in [-0.1, -0.05) is 0 Å². The molecule has 0 radical (unpaired) electrons. The van der Waals surface area contributed by atoms with Crippen LogP contribution in [0.1, 0.15) is 41.4 Å². The second-order valence-electron chi connectivity index (χ2n) is 7.84. The van der Waals surface area contributed by atoms with Crippen molar-refractivity contribution in [3.05, 3.63) is 58.7 Å². The van der Waals surface area contributed by atoms with E-state index in [1.165, 1.54) is 0 Å². The SMILES string of the molecule is O=C(OCCO)c1cc(C(=O)OCCO)cc(S(=O)(=O)[O-])c1.O=C(OCCO)c1cc(C(=O)OCCO)cc(S(=O)(=O)[O-])c1.[Ba+2]. The number of esters is 4. The van der Waals surface area contributed by atoms with Crippen LogP contribution < -0.4 is 0 Å². The Balaban J connectivity index is 0.000000842. The van der Waals surface area contributed by atoms with E-state index in [0.29, 0.717) is 0 Å². The molecule has 0 atom stereocenters. The quantitative estimate of drug-likeness (QED) is 0.0659. The van der Waals surface area contributed by atoms with Crippen LogP contribution in [-0.4, -0.2) is 172 Å². The number of aliphatic hydroxyl groups excluding tert-OH is 4. The van der Waals surface area contributed by atoms with Gasteiger partial charge in [0.15, 0.2) is 0 Å². The Hall–Kier alpha value is -2.45. The predicted molar refractivity (Wildman–Crippen MR) is 144 cm³/mol. The van der Waals surface area contributed by atoms with Gasteiger partial charge >= 0.3 is 72.8 Å². The molecule has 0 unspecified atom stereocenters. The second-order valence-corrected chi connectivity index (χ2v) is 10.6. The third kappa shape index (κ3) is 15.1. The zero-order chi connectivity index (χ0) is 33.5. The average molecular weight is 804 g/mol. The summed E-state index contributed by atoms with van der Waals surface area (Å²) in [6.07, 6.45) is 0. The van der Waals surface area contributed by atoms with Gasteiger partial charge in [-0.3, -0.25) is 0 Å². The van der Waals surface area contributed by atoms with E-state index in [9.17, 15) is 45.1 Å². The van der Waals surface area contributed by atoms with Crippen molar-refractivity contribution in [2.75, 3.05) is 52.9 Å². The molecule has 18 nitrogen and oxygen atoms in total. The number of carbonyl (C=O) groups is 4. The van der Waals surface area contributed by atoms with Crippen molar-refractivity contribution in [2.24, 2.45) is 0 Å². The maximum absolute atomic E-state index is 11.6. The largest absolute Gasteiger partial charge is 2.00 e. The summed E-state index contributed by atoms with van der Waals surface area (Å²) in [4.78, 5) is 45.0. The van der Waals surface area contributed by atoms with Gasteiger partial charge < -0.3 is 48.5 Å². The van der Waals surface area contributed by atoms with E-state index in [1.807, 2.05) is 0 Å². The van der Waals surface area contributed by atoms with E-state index in [2.05, 4.69) is 18.9 Å². The van der Waals surface area contributed by atoms with Crippen molar-refractivity contribution < 1.29 is 84.5 Å². The first-order chi connectivity index (χ1) is 20.6. The molecule has 2 rings (SSSR count). The number of hydrogen-bond donors (Lipinski definition) is 4. The zero-order valence-corrected chi connectivity index (χ0v) is 29.2. The predicted octanol–water partition coefficient (Wildman–Crippen LogP) is -2.60. The number of ether oxygens (including phenoxy) is 4. The van der Waals surface area contributed by atoms with Crippen molar-refractivity contribution in [3.63, 3.8) is 0 Å². The maximum atomic E-state index is 11.6. The molecule has 244 valence electrons. The molecule has 2 aromatic rings. The molecule has 4 N–H and O–H groups in total. The molecule has 0 aliphatic carbocycles. The van der Waals surface area contributed by atoms with Crippen LogP contribution in [0.4, 0.5) is 0 Å². The summed E-state index contributed by atoms with van der Waals surface area (Å²) in [6.45, 7) is -3.13. The molecule has 0 aromatic heterocycles. The molecule has 0 amide bonds. The summed E-state index contributed by atoms with van der Waals surface area (Å²) in [5.74, 6) is -4.07. The molecule has 0 bridgehead atoms. The van der Waals surface area contributed by atoms with Crippen molar-refractivity contribution in [2.45, 2.75) is 9.79 Å². The van der Waals surface area contributed by atoms with Crippen LogP contribution in [0.2, 0.25) is 0 Å². The van der Waals surface area contributed by atoms with Crippen LogP contribution in [0.25, 0.3) is 0 Å². The molecule has 0 heterocycles. The number of carbonyl (C=O) groups excluding carboxylic acids is 4. The third-order valence-electron chi connectivity index (χ3n) is 4.63. The van der Waals surface area contributed by atoms with Crippen molar-refractivity contribution in [3.8, 4) is 0 Å². The van der Waals surface area contributed by atoms with E-state index in [-0.39, 0.29) is 97.6 Å². The molecule has 0 spiro atoms. The van der Waals surface area contributed by atoms with E-state index >= 15 is 0 Å². The van der Waals surface area contributed by atoms with Crippen molar-refractivity contribution in [1.82, 2.24) is 0 Å². The Labute approximate surface area is 296 Å². The number of rotatable bonds is 14. The van der Waals surface area contributed by atoms with Crippen LogP contribution in [0.15, 0.2) is 46.2 Å². The van der Waals surface area contributed by atoms with Gasteiger partial charge in [0.05, 0.1) is 58.5 Å². The summed E-state index contributed by atoms with van der Waals surface area (Å²) < 4.78 is 84.8. The molecule has 0 saturated heterocycles. The van der Waals surface area contributed by atoms with Crippen molar-refractivity contribution in [1.29, 1.82) is 0 Å². The summed E-state index contributed by atoms with van der Waals surface area (Å²) in [6, 6.07) is 4.98. The van der Waals surface area contributed by atoms with E-state index in [0.717, 1.165) is 36.4 Å². The molecule has 0 fully saturated rings. The van der Waals surface area contributed by atoms with E-state index in [1.54, 1.807) is 0 Å². The molecule has 0 saturated carbocycles. The van der Waals surface area contributed by atoms with Gasteiger partial charge in [0.25, 0.3) is 0 Å². The Morgan fingerprint density at radius 2 is 0.689 bits per heavy atom. The molecular weight excluding hydrogens is 778 g/mol. The number of hydrogen-bond acceptors (Lipinski definition) is 18. The molecule has 0 aliphatic rings. The minimum Gasteiger partial charge on any atom is -0.744 e. The van der Waals surface area contributed by atoms with Gasteiger partial charge in [-0.25, -0.2) is 36.0 Å². The Morgan fingerprint density at radius 1 is 0.489 bits per heavy atom. The van der Waals surface area contributed by atoms with Crippen LogP contribution in [-0.2, 0) is 39.2 Å². The molecule has 21 heteroatoms. The van der Waals surface area contributed by atoms with Gasteiger partial charge in [0.2, 0.25) is 0 Å². The third-order valence-corrected chi connectivity index (χ3v) is 6.26. The van der Waals surface area contributed by atoms with Crippen LogP contribution in [0.3, 0.4) is 0 Å². The first-order valence-corrected chi connectivity index (χ1v) is 14.7. The maximum Gasteiger partial charge on any atom is 2.00 e. The average Bonchev–Trinajstić information content (AvgIpc) is 2.98. The fourth-order valence-electron chi connectivity index (χ4n) is 2.84. The first-order valence-electron chi connectivity index (χ1n) is 11.9. The molecular formula is C24H26BaO18S2. The van der Waals surface area contributed by atoms with Crippen LogP contribution in [0.5, 0.6) is 0 Å². The first kappa shape index (κ1) is 42.6. The Kier molecular flexibility index (Phi) is 19.5. The number of benzene rings is 2. The van der Waals surface area contributed by atoms with Gasteiger partial charge in [0, 0.05) is 0 Å². The molecule has 0 aliphatic heterocycles. The van der Waals surface area contributed by atoms with E-state index in [4.69, 9.17) is 20.4 Å². The molecule has 2 aromatic carbocycles. The van der Waals surface area contributed by atoms with Crippen LogP contribution in [0, 0.1) is 0 Å². The zero-order valence-electron chi connectivity index (χ0n) is 23.1. The fourth-order valence-corrected chi connectivity index (χ4v) is 3.93. The standard InChI is InChI=1S/2C12H14O9S.Ba/c2*13-1-3-20-11(15)8-5-9(12(16)21-4-2-14)7-10(6-8)22(17,18)19;/h2*5-7,13-14H,1-4H2,(H,17,18,19);/q;;+2/p-2. The monoisotopic (exact) mass is 804 g/mol. The van der Waals surface area contributed by atoms with Gasteiger partial charge in [-0.05, 0) is 36.4 Å². The minimum absolute atomic E-state index is 0. The summed E-state index contributed by atoms with van der Waals surface area (Å²) in [7, 11) is -9.84. The summed E-state index contributed by atoms with van der Waals surface area (Å²) >= 11 is 0. The summed E-state index contributed by atoms with van der Waals surface area (Å²) in [5.41, 5.74) is -1.44. The normalized spacial score (nSPS) is 10.8. The summed E-state index contributed by atoms with van der Waals surface area (Å²) in [5, 5.41) is 34.3. The Bertz CT molecular complexity index is 1350. The van der Waals surface area contributed by atoms with Gasteiger partial charge in [-0.15, -0.1) is 0 Å². The van der Waals surface area contributed by atoms with Crippen molar-refractivity contribution >= 4 is 93.0 Å². The van der Waals surface area contributed by atoms with E-state index < -0.39 is 80.3 Å². The van der Waals surface area contributed by atoms with Crippen LogP contribution >= 0.6 is 0 Å². The second kappa shape index (κ2) is 20.6. The smallest absolute Gasteiger partial charge is 0.744 e. The fraction of sp³-hybridized carbons (Fsp3) is 0.333. The topological polar surface area (TPSA) is 301 Å². The molecule has 45 heavy (non-hydrogen) atoms. The number of aliphatic hydroxyl groups is 4. The minimum atomic E-state index is -4.92. The van der Waals surface area contributed by atoms with Gasteiger partial charge in [-0.2, -0.15) is 0 Å². The Morgan fingerprint density at radius 3 is 0.844 bits per heavy atom.